The zero-order chi connectivity index (χ0) is 25.8. The smallest absolute Gasteiger partial charge is 0.314 e. The molecule has 1 unspecified atom stereocenters. The van der Waals surface area contributed by atoms with Crippen molar-refractivity contribution in [2.45, 2.75) is 17.9 Å². The van der Waals surface area contributed by atoms with Gasteiger partial charge in [0.15, 0.2) is 0 Å². The van der Waals surface area contributed by atoms with Gasteiger partial charge >= 0.3 is 6.43 Å². The number of pyridine rings is 1. The minimum Gasteiger partial charge on any atom is -0.415 e. The van der Waals surface area contributed by atoms with E-state index in [4.69, 9.17) is 4.42 Å². The Morgan fingerprint density at radius 2 is 1.67 bits per heavy atom. The van der Waals surface area contributed by atoms with Crippen LogP contribution in [0.25, 0.3) is 22.6 Å². The average molecular weight is 512 g/mol. The second-order valence-electron chi connectivity index (χ2n) is 8.09. The Morgan fingerprint density at radius 3 is 2.22 bits per heavy atom. The number of halogens is 2. The van der Waals surface area contributed by atoms with Gasteiger partial charge in [-0.1, -0.05) is 18.2 Å². The van der Waals surface area contributed by atoms with Crippen molar-refractivity contribution in [1.29, 1.82) is 0 Å². The van der Waals surface area contributed by atoms with Crippen LogP contribution in [0.1, 0.15) is 18.0 Å². The maximum Gasteiger partial charge on any atom is 0.314 e. The van der Waals surface area contributed by atoms with Crippen molar-refractivity contribution in [3.63, 3.8) is 0 Å². The van der Waals surface area contributed by atoms with Crippen molar-refractivity contribution in [3.05, 3.63) is 72.4 Å². The predicted octanol–water partition coefficient (Wildman–Crippen LogP) is 4.70. The highest BCUT2D eigenvalue weighted by Crippen LogP contribution is 2.34. The third-order valence-electron chi connectivity index (χ3n) is 5.44. The summed E-state index contributed by atoms with van der Waals surface area (Å²) in [5.41, 5.74) is 4.40. The average Bonchev–Trinajstić information content (AvgIpc) is 3.38. The lowest BCUT2D eigenvalue weighted by atomic mass is 10.0. The van der Waals surface area contributed by atoms with Gasteiger partial charge in [0.05, 0.1) is 29.2 Å². The fourth-order valence-electron chi connectivity index (χ4n) is 3.58. The first-order valence-corrected chi connectivity index (χ1v) is 12.4. The molecular formula is C25H23F2N5O3S. The van der Waals surface area contributed by atoms with Crippen LogP contribution < -0.4 is 9.80 Å². The molecular weight excluding hydrogens is 488 g/mol. The SMILES string of the molecule is CN(C)c1cc(-c2ccc(S(C)=O)cc2)ccc1N(C=O)Cc1ccc(-c2nnc(C(F)F)o2)cn1. The number of carbonyl (C=O) groups excluding carboxylic acids is 1. The number of hydrogen-bond donors (Lipinski definition) is 0. The molecule has 0 aliphatic carbocycles. The molecule has 0 fully saturated rings. The zero-order valence-electron chi connectivity index (χ0n) is 19.8. The molecule has 186 valence electrons. The second kappa shape index (κ2) is 10.7. The quantitative estimate of drug-likeness (QED) is 0.301. The fraction of sp³-hybridized carbons (Fsp3) is 0.200. The number of anilines is 2. The third-order valence-corrected chi connectivity index (χ3v) is 6.38. The van der Waals surface area contributed by atoms with Gasteiger partial charge in [0.25, 0.3) is 5.89 Å². The van der Waals surface area contributed by atoms with Crippen LogP contribution in [0.5, 0.6) is 0 Å². The van der Waals surface area contributed by atoms with Crippen molar-refractivity contribution in [1.82, 2.24) is 15.2 Å². The number of rotatable bonds is 9. The van der Waals surface area contributed by atoms with Crippen molar-refractivity contribution >= 4 is 28.6 Å². The summed E-state index contributed by atoms with van der Waals surface area (Å²) in [5, 5.41) is 6.93. The Balaban J connectivity index is 1.57. The zero-order valence-corrected chi connectivity index (χ0v) is 20.6. The molecule has 36 heavy (non-hydrogen) atoms. The van der Waals surface area contributed by atoms with Gasteiger partial charge in [-0.05, 0) is 47.5 Å². The molecule has 1 atom stereocenters. The van der Waals surface area contributed by atoms with Gasteiger partial charge in [-0.15, -0.1) is 10.2 Å². The first kappa shape index (κ1) is 25.1. The van der Waals surface area contributed by atoms with Gasteiger partial charge in [-0.25, -0.2) is 0 Å². The summed E-state index contributed by atoms with van der Waals surface area (Å²) in [6.07, 6.45) is 0.955. The number of nitrogens with zero attached hydrogens (tertiary/aromatic N) is 5. The molecule has 2 aromatic carbocycles. The number of carbonyl (C=O) groups is 1. The van der Waals surface area contributed by atoms with E-state index < -0.39 is 23.1 Å². The van der Waals surface area contributed by atoms with Crippen molar-refractivity contribution in [2.75, 3.05) is 30.2 Å². The lowest BCUT2D eigenvalue weighted by molar-refractivity contribution is -0.107. The monoisotopic (exact) mass is 511 g/mol. The summed E-state index contributed by atoms with van der Waals surface area (Å²) in [4.78, 5) is 20.6. The summed E-state index contributed by atoms with van der Waals surface area (Å²) in [6, 6.07) is 16.6. The number of aromatic nitrogens is 3. The number of benzene rings is 2. The second-order valence-corrected chi connectivity index (χ2v) is 9.47. The van der Waals surface area contributed by atoms with E-state index in [1.807, 2.05) is 61.5 Å². The molecule has 4 aromatic rings. The molecule has 4 rings (SSSR count). The van der Waals surface area contributed by atoms with E-state index in [0.29, 0.717) is 16.9 Å². The molecule has 0 bridgehead atoms. The fourth-order valence-corrected chi connectivity index (χ4v) is 4.10. The Labute approximate surface area is 209 Å². The van der Waals surface area contributed by atoms with Crippen LogP contribution in [0.4, 0.5) is 20.2 Å². The number of amides is 1. The third kappa shape index (κ3) is 5.46. The van der Waals surface area contributed by atoms with Crippen LogP contribution in [0.15, 0.2) is 70.1 Å². The van der Waals surface area contributed by atoms with Crippen LogP contribution in [0, 0.1) is 0 Å². The summed E-state index contributed by atoms with van der Waals surface area (Å²) in [5.74, 6) is -0.808. The molecule has 2 heterocycles. The van der Waals surface area contributed by atoms with Crippen LogP contribution in [-0.4, -0.2) is 46.2 Å². The van der Waals surface area contributed by atoms with E-state index in [2.05, 4.69) is 15.2 Å². The lowest BCUT2D eigenvalue weighted by Gasteiger charge is -2.25. The lowest BCUT2D eigenvalue weighted by Crippen LogP contribution is -2.24. The van der Waals surface area contributed by atoms with Crippen LogP contribution in [-0.2, 0) is 22.1 Å². The molecule has 0 spiro atoms. The normalized spacial score (nSPS) is 11.9. The molecule has 0 aliphatic rings. The van der Waals surface area contributed by atoms with Gasteiger partial charge in [-0.2, -0.15) is 8.78 Å². The van der Waals surface area contributed by atoms with Gasteiger partial charge < -0.3 is 14.2 Å². The first-order chi connectivity index (χ1) is 17.3. The minimum atomic E-state index is -2.85. The van der Waals surface area contributed by atoms with Crippen molar-refractivity contribution < 1.29 is 22.2 Å². The first-order valence-electron chi connectivity index (χ1n) is 10.8. The Hall–Kier alpha value is -3.99. The Kier molecular flexibility index (Phi) is 7.49. The van der Waals surface area contributed by atoms with E-state index >= 15 is 0 Å². The van der Waals surface area contributed by atoms with Crippen LogP contribution in [0.3, 0.4) is 0 Å². The van der Waals surface area contributed by atoms with E-state index in [1.165, 1.54) is 11.1 Å². The van der Waals surface area contributed by atoms with E-state index in [9.17, 15) is 17.8 Å². The van der Waals surface area contributed by atoms with Gasteiger partial charge in [0.2, 0.25) is 12.3 Å². The molecule has 0 aliphatic heterocycles. The molecule has 11 heteroatoms. The van der Waals surface area contributed by atoms with Crippen LogP contribution >= 0.6 is 0 Å². The highest BCUT2D eigenvalue weighted by Gasteiger charge is 2.18. The molecule has 1 amide bonds. The highest BCUT2D eigenvalue weighted by molar-refractivity contribution is 7.84. The van der Waals surface area contributed by atoms with Gasteiger partial charge in [-0.3, -0.25) is 14.0 Å². The molecule has 8 nitrogen and oxygen atoms in total. The largest absolute Gasteiger partial charge is 0.415 e. The minimum absolute atomic E-state index is 0.0553. The molecule has 2 aromatic heterocycles. The predicted molar refractivity (Wildman–Crippen MR) is 133 cm³/mol. The van der Waals surface area contributed by atoms with Gasteiger partial charge in [0.1, 0.15) is 0 Å². The summed E-state index contributed by atoms with van der Waals surface area (Å²) in [6.45, 7) is 0.188. The number of hydrogen-bond acceptors (Lipinski definition) is 7. The molecule has 0 radical (unpaired) electrons. The summed E-state index contributed by atoms with van der Waals surface area (Å²) in [7, 11) is 2.73. The molecule has 0 saturated carbocycles. The van der Waals surface area contributed by atoms with E-state index in [0.717, 1.165) is 28.1 Å². The Bertz CT molecular complexity index is 1380. The maximum absolute atomic E-state index is 12.7. The van der Waals surface area contributed by atoms with Crippen molar-refractivity contribution in [2.24, 2.45) is 0 Å². The highest BCUT2D eigenvalue weighted by atomic mass is 32.2. The Morgan fingerprint density at radius 1 is 0.972 bits per heavy atom. The van der Waals surface area contributed by atoms with Crippen molar-refractivity contribution in [3.8, 4) is 22.6 Å². The topological polar surface area (TPSA) is 92.4 Å². The summed E-state index contributed by atoms with van der Waals surface area (Å²) < 4.78 is 42.0. The maximum atomic E-state index is 12.7. The van der Waals surface area contributed by atoms with Gasteiger partial charge in [0, 0.05) is 42.2 Å². The summed E-state index contributed by atoms with van der Waals surface area (Å²) >= 11 is 0. The molecule has 0 N–H and O–H groups in total. The van der Waals surface area contributed by atoms with Crippen LogP contribution in [0.2, 0.25) is 0 Å². The molecule has 0 saturated heterocycles. The standard InChI is InChI=1S/C25H23F2N5O3S/c1-31(2)22-12-17(16-5-9-20(10-6-16)36(3)34)7-11-21(22)32(15-33)14-19-8-4-18(13-28-19)24-29-30-25(35-24)23(26)27/h4-13,15,23H,14H2,1-3H3. The number of alkyl halides is 2. The van der Waals surface area contributed by atoms with E-state index in [-0.39, 0.29) is 12.4 Å². The van der Waals surface area contributed by atoms with E-state index in [1.54, 1.807) is 18.4 Å².